The van der Waals surface area contributed by atoms with E-state index in [-0.39, 0.29) is 0 Å². The van der Waals surface area contributed by atoms with Gasteiger partial charge in [0.15, 0.2) is 0 Å². The molecule has 0 saturated heterocycles. The number of halogens is 2. The average Bonchev–Trinajstić information content (AvgIpc) is 2.29. The van der Waals surface area contributed by atoms with Crippen molar-refractivity contribution in [3.05, 3.63) is 34.5 Å². The molecule has 2 aromatic rings. The minimum atomic E-state index is 0.360. The van der Waals surface area contributed by atoms with Crippen LogP contribution < -0.4 is 4.74 Å². The van der Waals surface area contributed by atoms with Crippen molar-refractivity contribution in [2.75, 3.05) is 7.11 Å². The van der Waals surface area contributed by atoms with Crippen LogP contribution in [0.15, 0.2) is 18.2 Å². The lowest BCUT2D eigenvalue weighted by molar-refractivity contribution is 0.419. The van der Waals surface area contributed by atoms with Gasteiger partial charge in [0.25, 0.3) is 0 Å². The second-order valence-corrected chi connectivity index (χ2v) is 4.18. The predicted octanol–water partition coefficient (Wildman–Crippen LogP) is 3.94. The Morgan fingerprint density at radius 2 is 2.12 bits per heavy atom. The smallest absolute Gasteiger partial charge is 0.145 e. The molecule has 0 saturated carbocycles. The third kappa shape index (κ3) is 1.83. The highest BCUT2D eigenvalue weighted by Gasteiger charge is 2.09. The summed E-state index contributed by atoms with van der Waals surface area (Å²) in [6, 6.07) is 5.85. The van der Waals surface area contributed by atoms with Crippen molar-refractivity contribution >= 4 is 34.1 Å². The molecule has 1 aromatic heterocycles. The summed E-state index contributed by atoms with van der Waals surface area (Å²) in [6.07, 6.45) is 0. The van der Waals surface area contributed by atoms with Gasteiger partial charge in [0.05, 0.1) is 13.0 Å². The molecule has 0 bridgehead atoms. The van der Waals surface area contributed by atoms with E-state index in [1.54, 1.807) is 7.11 Å². The third-order valence-electron chi connectivity index (χ3n) is 2.56. The van der Waals surface area contributed by atoms with Crippen LogP contribution in [0, 0.1) is 6.92 Å². The van der Waals surface area contributed by atoms with Crippen LogP contribution in [0.5, 0.6) is 5.75 Å². The van der Waals surface area contributed by atoms with Crippen LogP contribution in [-0.4, -0.2) is 12.1 Å². The monoisotopic (exact) mass is 255 g/mol. The number of hydrogen-bond donors (Lipinski definition) is 0. The summed E-state index contributed by atoms with van der Waals surface area (Å²) in [4.78, 5) is 4.33. The Hall–Kier alpha value is -0.990. The van der Waals surface area contributed by atoms with E-state index in [1.807, 2.05) is 25.1 Å². The maximum absolute atomic E-state index is 6.03. The first-order valence-electron chi connectivity index (χ1n) is 4.86. The van der Waals surface area contributed by atoms with E-state index in [2.05, 4.69) is 4.98 Å². The number of alkyl halides is 1. The van der Waals surface area contributed by atoms with Gasteiger partial charge in [-0.15, -0.1) is 11.6 Å². The number of nitrogens with zero attached hydrogens (tertiary/aromatic N) is 1. The van der Waals surface area contributed by atoms with Gasteiger partial charge in [-0.1, -0.05) is 17.7 Å². The maximum Gasteiger partial charge on any atom is 0.145 e. The van der Waals surface area contributed by atoms with Gasteiger partial charge in [-0.05, 0) is 24.6 Å². The van der Waals surface area contributed by atoms with E-state index in [0.717, 1.165) is 27.8 Å². The van der Waals surface area contributed by atoms with E-state index in [1.165, 1.54) is 0 Å². The first-order valence-corrected chi connectivity index (χ1v) is 5.77. The van der Waals surface area contributed by atoms with Crippen molar-refractivity contribution in [1.29, 1.82) is 0 Å². The summed E-state index contributed by atoms with van der Waals surface area (Å²) in [6.45, 7) is 2.02. The molecule has 0 N–H and O–H groups in total. The quantitative estimate of drug-likeness (QED) is 0.599. The zero-order valence-corrected chi connectivity index (χ0v) is 10.6. The number of rotatable bonds is 2. The molecule has 2 rings (SSSR count). The highest BCUT2D eigenvalue weighted by Crippen LogP contribution is 2.30. The zero-order valence-electron chi connectivity index (χ0n) is 9.05. The lowest BCUT2D eigenvalue weighted by Gasteiger charge is -2.09. The van der Waals surface area contributed by atoms with E-state index in [4.69, 9.17) is 27.9 Å². The van der Waals surface area contributed by atoms with Gasteiger partial charge < -0.3 is 4.74 Å². The minimum absolute atomic E-state index is 0.360. The number of pyridine rings is 1. The fourth-order valence-electron chi connectivity index (χ4n) is 1.65. The number of methoxy groups -OCH3 is 1. The molecule has 0 spiro atoms. The summed E-state index contributed by atoms with van der Waals surface area (Å²) >= 11 is 11.8. The fourth-order valence-corrected chi connectivity index (χ4v) is 2.13. The predicted molar refractivity (Wildman–Crippen MR) is 67.6 cm³/mol. The second kappa shape index (κ2) is 4.48. The molecule has 0 fully saturated rings. The molecule has 0 unspecified atom stereocenters. The van der Waals surface area contributed by atoms with Crippen LogP contribution >= 0.6 is 23.2 Å². The minimum Gasteiger partial charge on any atom is -0.494 e. The fraction of sp³-hybridized carbons (Fsp3) is 0.250. The lowest BCUT2D eigenvalue weighted by Crippen LogP contribution is -1.93. The number of aryl methyl sites for hydroxylation is 1. The van der Waals surface area contributed by atoms with Crippen molar-refractivity contribution in [2.24, 2.45) is 0 Å². The Balaban J connectivity index is 2.82. The largest absolute Gasteiger partial charge is 0.494 e. The SMILES string of the molecule is COc1ccc(C)c2cc(CCl)c(Cl)nc12. The number of hydrogen-bond acceptors (Lipinski definition) is 2. The van der Waals surface area contributed by atoms with Gasteiger partial charge in [0.2, 0.25) is 0 Å². The molecule has 0 aliphatic heterocycles. The molecule has 1 heterocycles. The van der Waals surface area contributed by atoms with Crippen molar-refractivity contribution in [3.63, 3.8) is 0 Å². The van der Waals surface area contributed by atoms with Gasteiger partial charge in [-0.25, -0.2) is 4.98 Å². The highest BCUT2D eigenvalue weighted by atomic mass is 35.5. The number of fused-ring (bicyclic) bond motifs is 1. The van der Waals surface area contributed by atoms with Crippen LogP contribution in [0.4, 0.5) is 0 Å². The first-order chi connectivity index (χ1) is 7.67. The highest BCUT2D eigenvalue weighted by molar-refractivity contribution is 6.31. The van der Waals surface area contributed by atoms with Gasteiger partial charge in [-0.3, -0.25) is 0 Å². The van der Waals surface area contributed by atoms with Crippen LogP contribution in [0.1, 0.15) is 11.1 Å². The van der Waals surface area contributed by atoms with E-state index in [9.17, 15) is 0 Å². The van der Waals surface area contributed by atoms with Crippen molar-refractivity contribution < 1.29 is 4.74 Å². The summed E-state index contributed by atoms with van der Waals surface area (Å²) in [5.41, 5.74) is 2.75. The van der Waals surface area contributed by atoms with Crippen molar-refractivity contribution in [3.8, 4) is 5.75 Å². The van der Waals surface area contributed by atoms with E-state index < -0.39 is 0 Å². The molecule has 84 valence electrons. The van der Waals surface area contributed by atoms with Gasteiger partial charge >= 0.3 is 0 Å². The van der Waals surface area contributed by atoms with Gasteiger partial charge in [-0.2, -0.15) is 0 Å². The number of benzene rings is 1. The molecule has 0 atom stereocenters. The van der Waals surface area contributed by atoms with E-state index in [0.29, 0.717) is 11.0 Å². The van der Waals surface area contributed by atoms with Crippen LogP contribution in [0.3, 0.4) is 0 Å². The summed E-state index contributed by atoms with van der Waals surface area (Å²) in [5, 5.41) is 1.46. The topological polar surface area (TPSA) is 22.1 Å². The molecule has 1 aromatic carbocycles. The van der Waals surface area contributed by atoms with Gasteiger partial charge in [0, 0.05) is 10.9 Å². The molecule has 16 heavy (non-hydrogen) atoms. The van der Waals surface area contributed by atoms with Crippen molar-refractivity contribution in [1.82, 2.24) is 4.98 Å². The molecule has 0 radical (unpaired) electrons. The number of aromatic nitrogens is 1. The molecule has 2 nitrogen and oxygen atoms in total. The van der Waals surface area contributed by atoms with Crippen LogP contribution in [0.25, 0.3) is 10.9 Å². The maximum atomic E-state index is 6.03. The Kier molecular flexibility index (Phi) is 3.22. The summed E-state index contributed by atoms with van der Waals surface area (Å²) in [7, 11) is 1.62. The van der Waals surface area contributed by atoms with E-state index >= 15 is 0 Å². The average molecular weight is 256 g/mol. The molecule has 4 heteroatoms. The Bertz CT molecular complexity index is 540. The Morgan fingerprint density at radius 1 is 1.38 bits per heavy atom. The standard InChI is InChI=1S/C12H11Cl2NO/c1-7-3-4-10(16-2)11-9(7)5-8(6-13)12(14)15-11/h3-5H,6H2,1-2H3. The second-order valence-electron chi connectivity index (χ2n) is 3.55. The third-order valence-corrected chi connectivity index (χ3v) is 3.17. The van der Waals surface area contributed by atoms with Crippen molar-refractivity contribution in [2.45, 2.75) is 12.8 Å². The summed E-state index contributed by atoms with van der Waals surface area (Å²) in [5.74, 6) is 1.09. The molecule has 0 aliphatic rings. The Morgan fingerprint density at radius 3 is 2.75 bits per heavy atom. The van der Waals surface area contributed by atoms with Crippen LogP contribution in [0.2, 0.25) is 5.15 Å². The zero-order chi connectivity index (χ0) is 11.7. The lowest BCUT2D eigenvalue weighted by atomic mass is 10.1. The molecule has 0 aliphatic carbocycles. The molecular weight excluding hydrogens is 245 g/mol. The first kappa shape index (κ1) is 11.5. The Labute approximate surface area is 104 Å². The van der Waals surface area contributed by atoms with Crippen LogP contribution in [-0.2, 0) is 5.88 Å². The molecular formula is C12H11Cl2NO. The van der Waals surface area contributed by atoms with Gasteiger partial charge in [0.1, 0.15) is 16.4 Å². The number of ether oxygens (including phenoxy) is 1. The summed E-state index contributed by atoms with van der Waals surface area (Å²) < 4.78 is 5.26. The normalized spacial score (nSPS) is 10.8. The molecule has 0 amide bonds.